The van der Waals surface area contributed by atoms with E-state index in [9.17, 15) is 4.79 Å². The molecule has 1 fully saturated rings. The molecule has 2 heterocycles. The number of hydrogen-bond donors (Lipinski definition) is 1. The van der Waals surface area contributed by atoms with Gasteiger partial charge in [0.25, 0.3) is 0 Å². The lowest BCUT2D eigenvalue weighted by Gasteiger charge is -2.34. The van der Waals surface area contributed by atoms with Gasteiger partial charge in [0, 0.05) is 18.1 Å². The van der Waals surface area contributed by atoms with Gasteiger partial charge in [0.2, 0.25) is 5.91 Å². The van der Waals surface area contributed by atoms with Crippen molar-refractivity contribution in [2.75, 3.05) is 18.4 Å². The summed E-state index contributed by atoms with van der Waals surface area (Å²) in [5.74, 6) is 0.0318. The van der Waals surface area contributed by atoms with Gasteiger partial charge in [-0.05, 0) is 55.3 Å². The van der Waals surface area contributed by atoms with Crippen LogP contribution in [-0.4, -0.2) is 33.7 Å². The molecule has 0 saturated carbocycles. The number of likely N-dealkylation sites (tertiary alicyclic amines) is 1. The quantitative estimate of drug-likeness (QED) is 0.707. The van der Waals surface area contributed by atoms with E-state index in [1.54, 1.807) is 6.20 Å². The number of benzene rings is 2. The first-order valence-corrected chi connectivity index (χ1v) is 9.96. The van der Waals surface area contributed by atoms with E-state index in [0.29, 0.717) is 6.54 Å². The fourth-order valence-electron chi connectivity index (χ4n) is 3.88. The molecular formula is C23H26N4O. The second-order valence-corrected chi connectivity index (χ2v) is 7.30. The number of amides is 1. The molecule has 2 aromatic carbocycles. The van der Waals surface area contributed by atoms with Crippen LogP contribution in [0.25, 0.3) is 0 Å². The fourth-order valence-corrected chi connectivity index (χ4v) is 3.88. The van der Waals surface area contributed by atoms with Crippen molar-refractivity contribution < 1.29 is 4.79 Å². The maximum atomic E-state index is 13.3. The zero-order valence-electron chi connectivity index (χ0n) is 16.0. The average Bonchev–Trinajstić information content (AvgIpc) is 3.23. The average molecular weight is 374 g/mol. The molecule has 0 aliphatic carbocycles. The normalized spacial score (nSPS) is 15.9. The molecule has 1 amide bonds. The summed E-state index contributed by atoms with van der Waals surface area (Å²) in [5, 5.41) is 7.40. The van der Waals surface area contributed by atoms with Gasteiger partial charge >= 0.3 is 0 Å². The lowest BCUT2D eigenvalue weighted by atomic mass is 10.0. The Bertz CT molecular complexity index is 886. The highest BCUT2D eigenvalue weighted by Gasteiger charge is 2.28. The number of rotatable bonds is 6. The summed E-state index contributed by atoms with van der Waals surface area (Å²) in [6.07, 6.45) is 7.25. The Morgan fingerprint density at radius 2 is 1.82 bits per heavy atom. The van der Waals surface area contributed by atoms with Crippen LogP contribution in [0.4, 0.5) is 5.69 Å². The molecule has 0 bridgehead atoms. The number of carbonyl (C=O) groups excluding carboxylic acids is 1. The summed E-state index contributed by atoms with van der Waals surface area (Å²) >= 11 is 0. The first-order valence-electron chi connectivity index (χ1n) is 9.96. The molecule has 0 unspecified atom stereocenters. The van der Waals surface area contributed by atoms with Crippen molar-refractivity contribution in [3.63, 3.8) is 0 Å². The number of nitrogens with one attached hydrogen (secondary N) is 1. The van der Waals surface area contributed by atoms with Crippen LogP contribution < -0.4 is 5.32 Å². The molecule has 0 spiro atoms. The molecule has 0 radical (unpaired) electrons. The molecule has 144 valence electrons. The highest BCUT2D eigenvalue weighted by molar-refractivity contribution is 5.95. The largest absolute Gasteiger partial charge is 0.324 e. The van der Waals surface area contributed by atoms with Crippen molar-refractivity contribution in [2.24, 2.45) is 0 Å². The van der Waals surface area contributed by atoms with Crippen molar-refractivity contribution in [1.82, 2.24) is 14.7 Å². The second kappa shape index (κ2) is 8.85. The fraction of sp³-hybridized carbons (Fsp3) is 0.304. The molecule has 1 N–H and O–H groups in total. The minimum absolute atomic E-state index is 0.0318. The summed E-state index contributed by atoms with van der Waals surface area (Å²) in [7, 11) is 0. The summed E-state index contributed by atoms with van der Waals surface area (Å²) in [6, 6.07) is 19.8. The molecule has 1 saturated heterocycles. The van der Waals surface area contributed by atoms with Crippen LogP contribution in [0.3, 0.4) is 0 Å². The third kappa shape index (κ3) is 4.49. The first kappa shape index (κ1) is 18.4. The number of hydrogen-bond acceptors (Lipinski definition) is 3. The third-order valence-corrected chi connectivity index (χ3v) is 5.22. The zero-order valence-corrected chi connectivity index (χ0v) is 16.0. The van der Waals surface area contributed by atoms with E-state index in [2.05, 4.69) is 21.4 Å². The van der Waals surface area contributed by atoms with Crippen molar-refractivity contribution >= 4 is 11.6 Å². The molecule has 5 heteroatoms. The van der Waals surface area contributed by atoms with E-state index < -0.39 is 0 Å². The first-order chi connectivity index (χ1) is 13.8. The number of carbonyl (C=O) groups is 1. The molecular weight excluding hydrogens is 348 g/mol. The van der Waals surface area contributed by atoms with Crippen molar-refractivity contribution in [3.8, 4) is 0 Å². The maximum Gasteiger partial charge on any atom is 0.246 e. The minimum atomic E-state index is -0.253. The van der Waals surface area contributed by atoms with Gasteiger partial charge in [-0.1, -0.05) is 48.9 Å². The van der Waals surface area contributed by atoms with Crippen LogP contribution in [-0.2, 0) is 11.3 Å². The number of piperidine rings is 1. The number of nitrogens with zero attached hydrogens (tertiary/aromatic N) is 3. The second-order valence-electron chi connectivity index (χ2n) is 7.30. The highest BCUT2D eigenvalue weighted by atomic mass is 16.2. The van der Waals surface area contributed by atoms with Crippen LogP contribution in [0, 0.1) is 0 Å². The van der Waals surface area contributed by atoms with Gasteiger partial charge in [-0.3, -0.25) is 14.4 Å². The molecule has 1 aliphatic heterocycles. The monoisotopic (exact) mass is 374 g/mol. The molecule has 1 aromatic heterocycles. The van der Waals surface area contributed by atoms with Crippen LogP contribution >= 0.6 is 0 Å². The Kier molecular flexibility index (Phi) is 5.83. The summed E-state index contributed by atoms with van der Waals surface area (Å²) in [6.45, 7) is 2.61. The van der Waals surface area contributed by atoms with E-state index in [1.807, 2.05) is 65.5 Å². The van der Waals surface area contributed by atoms with E-state index in [-0.39, 0.29) is 11.9 Å². The van der Waals surface area contributed by atoms with Crippen LogP contribution in [0.5, 0.6) is 0 Å². The van der Waals surface area contributed by atoms with Gasteiger partial charge in [-0.2, -0.15) is 5.10 Å². The van der Waals surface area contributed by atoms with Gasteiger partial charge in [-0.15, -0.1) is 0 Å². The Hall–Kier alpha value is -2.92. The topological polar surface area (TPSA) is 50.2 Å². The van der Waals surface area contributed by atoms with Crippen molar-refractivity contribution in [3.05, 3.63) is 84.2 Å². The summed E-state index contributed by atoms with van der Waals surface area (Å²) in [4.78, 5) is 15.6. The molecule has 28 heavy (non-hydrogen) atoms. The molecule has 1 aliphatic rings. The standard InChI is InChI=1S/C23H26N4O/c28-23(22(20-10-3-1-4-11-20)26-14-5-2-6-15-26)25-21-12-7-9-19(17-21)18-27-16-8-13-24-27/h1,3-4,7-13,16-17,22H,2,5-6,14-15,18H2,(H,25,28)/t22-/m1/s1. The van der Waals surface area contributed by atoms with E-state index in [0.717, 1.165) is 42.7 Å². The van der Waals surface area contributed by atoms with E-state index in [1.165, 1.54) is 6.42 Å². The van der Waals surface area contributed by atoms with Gasteiger partial charge in [0.15, 0.2) is 0 Å². The summed E-state index contributed by atoms with van der Waals surface area (Å²) < 4.78 is 1.88. The molecule has 1 atom stereocenters. The summed E-state index contributed by atoms with van der Waals surface area (Å²) in [5.41, 5.74) is 2.98. The molecule has 5 nitrogen and oxygen atoms in total. The zero-order chi connectivity index (χ0) is 19.2. The third-order valence-electron chi connectivity index (χ3n) is 5.22. The van der Waals surface area contributed by atoms with Gasteiger partial charge in [0.05, 0.1) is 6.54 Å². The Balaban J connectivity index is 1.52. The van der Waals surface area contributed by atoms with E-state index >= 15 is 0 Å². The van der Waals surface area contributed by atoms with Gasteiger partial charge in [0.1, 0.15) is 6.04 Å². The predicted molar refractivity (Wildman–Crippen MR) is 111 cm³/mol. The van der Waals surface area contributed by atoms with E-state index in [4.69, 9.17) is 0 Å². The Labute approximate surface area is 166 Å². The molecule has 3 aromatic rings. The lowest BCUT2D eigenvalue weighted by molar-refractivity contribution is -0.122. The smallest absolute Gasteiger partial charge is 0.246 e. The lowest BCUT2D eigenvalue weighted by Crippen LogP contribution is -2.40. The van der Waals surface area contributed by atoms with Crippen LogP contribution in [0.2, 0.25) is 0 Å². The Morgan fingerprint density at radius 1 is 1.00 bits per heavy atom. The van der Waals surface area contributed by atoms with Gasteiger partial charge in [-0.25, -0.2) is 0 Å². The van der Waals surface area contributed by atoms with Crippen LogP contribution in [0.15, 0.2) is 73.1 Å². The minimum Gasteiger partial charge on any atom is -0.324 e. The van der Waals surface area contributed by atoms with Crippen LogP contribution in [0.1, 0.15) is 36.4 Å². The molecule has 4 rings (SSSR count). The predicted octanol–water partition coefficient (Wildman–Crippen LogP) is 4.10. The van der Waals surface area contributed by atoms with Crippen molar-refractivity contribution in [1.29, 1.82) is 0 Å². The Morgan fingerprint density at radius 3 is 2.57 bits per heavy atom. The number of anilines is 1. The SMILES string of the molecule is O=C(Nc1cccc(Cn2cccn2)c1)[C@@H](c1ccccc1)N1CCCCC1. The van der Waals surface area contributed by atoms with Gasteiger partial charge < -0.3 is 5.32 Å². The highest BCUT2D eigenvalue weighted by Crippen LogP contribution is 2.26. The number of aromatic nitrogens is 2. The van der Waals surface area contributed by atoms with Crippen molar-refractivity contribution in [2.45, 2.75) is 31.8 Å². The maximum absolute atomic E-state index is 13.3.